The second-order valence-electron chi connectivity index (χ2n) is 5.78. The van der Waals surface area contributed by atoms with Gasteiger partial charge in [0.2, 0.25) is 10.0 Å². The van der Waals surface area contributed by atoms with E-state index in [1.165, 1.54) is 19.3 Å². The van der Waals surface area contributed by atoms with E-state index >= 15 is 0 Å². The van der Waals surface area contributed by atoms with Gasteiger partial charge in [0.1, 0.15) is 0 Å². The van der Waals surface area contributed by atoms with E-state index in [0.29, 0.717) is 11.7 Å². The minimum atomic E-state index is -3.05. The van der Waals surface area contributed by atoms with Crippen LogP contribution in [0.1, 0.15) is 44.9 Å². The van der Waals surface area contributed by atoms with E-state index in [-0.39, 0.29) is 6.04 Å². The Morgan fingerprint density at radius 2 is 1.67 bits per heavy atom. The van der Waals surface area contributed by atoms with Crippen LogP contribution in [-0.2, 0) is 10.0 Å². The SMILES string of the molecule is CN(C1CCNCC1)S(=O)(=O)CC1CCCCC1. The minimum Gasteiger partial charge on any atom is -0.317 e. The Labute approximate surface area is 111 Å². The van der Waals surface area contributed by atoms with Crippen molar-refractivity contribution < 1.29 is 8.42 Å². The third-order valence-corrected chi connectivity index (χ3v) is 6.50. The Bertz CT molecular complexity index is 344. The number of hydrogen-bond donors (Lipinski definition) is 1. The van der Waals surface area contributed by atoms with Gasteiger partial charge in [-0.15, -0.1) is 0 Å². The van der Waals surface area contributed by atoms with Crippen LogP contribution in [0.4, 0.5) is 0 Å². The number of nitrogens with zero attached hydrogens (tertiary/aromatic N) is 1. The summed E-state index contributed by atoms with van der Waals surface area (Å²) in [6.07, 6.45) is 7.77. The Kier molecular flexibility index (Phi) is 5.04. The lowest BCUT2D eigenvalue weighted by molar-refractivity contribution is 0.291. The molecule has 0 bridgehead atoms. The molecule has 0 aromatic rings. The summed E-state index contributed by atoms with van der Waals surface area (Å²) in [5.41, 5.74) is 0. The van der Waals surface area contributed by atoms with Gasteiger partial charge in [-0.2, -0.15) is 0 Å². The summed E-state index contributed by atoms with van der Waals surface area (Å²) < 4.78 is 26.5. The monoisotopic (exact) mass is 274 g/mol. The third kappa shape index (κ3) is 3.68. The summed E-state index contributed by atoms with van der Waals surface area (Å²) in [5, 5.41) is 3.28. The van der Waals surface area contributed by atoms with Crippen LogP contribution in [0.3, 0.4) is 0 Å². The van der Waals surface area contributed by atoms with E-state index in [0.717, 1.165) is 38.8 Å². The Hall–Kier alpha value is -0.130. The van der Waals surface area contributed by atoms with Crippen molar-refractivity contribution in [1.82, 2.24) is 9.62 Å². The molecule has 106 valence electrons. The first kappa shape index (κ1) is 14.3. The highest BCUT2D eigenvalue weighted by Gasteiger charge is 2.30. The first-order valence-electron chi connectivity index (χ1n) is 7.26. The summed E-state index contributed by atoms with van der Waals surface area (Å²) in [7, 11) is -1.28. The van der Waals surface area contributed by atoms with Gasteiger partial charge in [0.15, 0.2) is 0 Å². The minimum absolute atomic E-state index is 0.208. The first-order valence-corrected chi connectivity index (χ1v) is 8.87. The summed E-state index contributed by atoms with van der Waals surface area (Å²) >= 11 is 0. The van der Waals surface area contributed by atoms with Crippen LogP contribution in [0.25, 0.3) is 0 Å². The van der Waals surface area contributed by atoms with Crippen LogP contribution in [0.15, 0.2) is 0 Å². The maximum Gasteiger partial charge on any atom is 0.214 e. The smallest absolute Gasteiger partial charge is 0.214 e. The van der Waals surface area contributed by atoms with E-state index in [1.54, 1.807) is 11.4 Å². The van der Waals surface area contributed by atoms with Crippen molar-refractivity contribution in [2.45, 2.75) is 51.0 Å². The zero-order valence-corrected chi connectivity index (χ0v) is 12.2. The van der Waals surface area contributed by atoms with Crippen LogP contribution in [0.5, 0.6) is 0 Å². The Morgan fingerprint density at radius 3 is 2.28 bits per heavy atom. The topological polar surface area (TPSA) is 49.4 Å². The molecule has 0 unspecified atom stereocenters. The normalized spacial score (nSPS) is 24.6. The fraction of sp³-hybridized carbons (Fsp3) is 1.00. The first-order chi connectivity index (χ1) is 8.59. The molecule has 1 aliphatic heterocycles. The van der Waals surface area contributed by atoms with Gasteiger partial charge in [0, 0.05) is 13.1 Å². The van der Waals surface area contributed by atoms with Crippen LogP contribution < -0.4 is 5.32 Å². The number of hydrogen-bond acceptors (Lipinski definition) is 3. The van der Waals surface area contributed by atoms with Crippen molar-refractivity contribution in [1.29, 1.82) is 0 Å². The van der Waals surface area contributed by atoms with Gasteiger partial charge in [-0.1, -0.05) is 19.3 Å². The molecule has 0 atom stereocenters. The highest BCUT2D eigenvalue weighted by Crippen LogP contribution is 2.26. The Morgan fingerprint density at radius 1 is 1.06 bits per heavy atom. The number of piperidine rings is 1. The highest BCUT2D eigenvalue weighted by molar-refractivity contribution is 7.89. The average Bonchev–Trinajstić information content (AvgIpc) is 2.39. The molecule has 5 heteroatoms. The maximum absolute atomic E-state index is 12.4. The molecular formula is C13H26N2O2S. The van der Waals surface area contributed by atoms with Crippen molar-refractivity contribution in [2.24, 2.45) is 5.92 Å². The lowest BCUT2D eigenvalue weighted by atomic mass is 9.91. The van der Waals surface area contributed by atoms with Crippen LogP contribution in [-0.4, -0.2) is 44.7 Å². The standard InChI is InChI=1S/C13H26N2O2S/c1-15(13-7-9-14-10-8-13)18(16,17)11-12-5-3-2-4-6-12/h12-14H,2-11H2,1H3. The van der Waals surface area contributed by atoms with Crippen LogP contribution >= 0.6 is 0 Å². The lowest BCUT2D eigenvalue weighted by Crippen LogP contribution is -2.45. The molecule has 1 heterocycles. The van der Waals surface area contributed by atoms with Gasteiger partial charge in [-0.05, 0) is 44.7 Å². The van der Waals surface area contributed by atoms with Gasteiger partial charge in [0.05, 0.1) is 5.75 Å². The molecule has 2 rings (SSSR count). The van der Waals surface area contributed by atoms with Crippen LogP contribution in [0, 0.1) is 5.92 Å². The summed E-state index contributed by atoms with van der Waals surface area (Å²) in [4.78, 5) is 0. The average molecular weight is 274 g/mol. The summed E-state index contributed by atoms with van der Waals surface area (Å²) in [6.45, 7) is 1.88. The van der Waals surface area contributed by atoms with Crippen molar-refractivity contribution in [3.05, 3.63) is 0 Å². The molecule has 2 fully saturated rings. The van der Waals surface area contributed by atoms with E-state index in [2.05, 4.69) is 5.32 Å². The highest BCUT2D eigenvalue weighted by atomic mass is 32.2. The molecule has 1 saturated heterocycles. The van der Waals surface area contributed by atoms with Gasteiger partial charge in [-0.25, -0.2) is 12.7 Å². The molecule has 0 radical (unpaired) electrons. The molecule has 0 amide bonds. The lowest BCUT2D eigenvalue weighted by Gasteiger charge is -2.32. The molecule has 1 N–H and O–H groups in total. The van der Waals surface area contributed by atoms with E-state index in [1.807, 2.05) is 0 Å². The van der Waals surface area contributed by atoms with Crippen molar-refractivity contribution in [2.75, 3.05) is 25.9 Å². The van der Waals surface area contributed by atoms with E-state index < -0.39 is 10.0 Å². The zero-order valence-electron chi connectivity index (χ0n) is 11.4. The number of rotatable bonds is 4. The van der Waals surface area contributed by atoms with Gasteiger partial charge >= 0.3 is 0 Å². The quantitative estimate of drug-likeness (QED) is 0.847. The molecule has 0 aromatic heterocycles. The second kappa shape index (κ2) is 6.35. The van der Waals surface area contributed by atoms with Crippen LogP contribution in [0.2, 0.25) is 0 Å². The van der Waals surface area contributed by atoms with E-state index in [9.17, 15) is 8.42 Å². The van der Waals surface area contributed by atoms with Gasteiger partial charge in [0.25, 0.3) is 0 Å². The summed E-state index contributed by atoms with van der Waals surface area (Å²) in [6, 6.07) is 0.208. The molecule has 1 saturated carbocycles. The molecule has 4 nitrogen and oxygen atoms in total. The summed E-state index contributed by atoms with van der Waals surface area (Å²) in [5.74, 6) is 0.765. The molecular weight excluding hydrogens is 248 g/mol. The predicted octanol–water partition coefficient (Wildman–Crippen LogP) is 1.58. The molecule has 0 spiro atoms. The van der Waals surface area contributed by atoms with Crippen molar-refractivity contribution in [3.63, 3.8) is 0 Å². The van der Waals surface area contributed by atoms with E-state index in [4.69, 9.17) is 0 Å². The Balaban J connectivity index is 1.91. The number of sulfonamides is 1. The van der Waals surface area contributed by atoms with Crippen molar-refractivity contribution in [3.8, 4) is 0 Å². The fourth-order valence-corrected chi connectivity index (χ4v) is 5.00. The molecule has 0 aromatic carbocycles. The molecule has 2 aliphatic rings. The second-order valence-corrected chi connectivity index (χ2v) is 7.85. The molecule has 1 aliphatic carbocycles. The zero-order chi connectivity index (χ0) is 13.0. The number of nitrogens with one attached hydrogen (secondary N) is 1. The van der Waals surface area contributed by atoms with Gasteiger partial charge in [-0.3, -0.25) is 0 Å². The largest absolute Gasteiger partial charge is 0.317 e. The van der Waals surface area contributed by atoms with Gasteiger partial charge < -0.3 is 5.32 Å². The predicted molar refractivity (Wildman–Crippen MR) is 74.0 cm³/mol. The fourth-order valence-electron chi connectivity index (χ4n) is 3.17. The van der Waals surface area contributed by atoms with Crippen molar-refractivity contribution >= 4 is 10.0 Å². The molecule has 18 heavy (non-hydrogen) atoms. The third-order valence-electron chi connectivity index (χ3n) is 4.43. The maximum atomic E-state index is 12.4.